The molecule has 3 heteroatoms. The normalized spacial score (nSPS) is 10.9. The number of rotatable bonds is 4. The lowest BCUT2D eigenvalue weighted by molar-refractivity contribution is -0.137. The van der Waals surface area contributed by atoms with Crippen molar-refractivity contribution in [2.24, 2.45) is 0 Å². The molecular weight excluding hydrogens is 204 g/mol. The van der Waals surface area contributed by atoms with Gasteiger partial charge in [-0.25, -0.2) is 4.79 Å². The standard InChI is InChI=1S/C12H20O2Si/c1-5-9-12(13)14-10-7-6-8-11-15(2,3)4/h5,9H,6-7,10H2,1-4H3/b9-5+. The molecule has 0 N–H and O–H groups in total. The Hall–Kier alpha value is -1.01. The molecule has 84 valence electrons. The predicted octanol–water partition coefficient (Wildman–Crippen LogP) is 2.77. The second-order valence-corrected chi connectivity index (χ2v) is 9.07. The molecule has 0 amide bonds. The summed E-state index contributed by atoms with van der Waals surface area (Å²) in [5.74, 6) is 2.87. The fourth-order valence-electron chi connectivity index (χ4n) is 0.845. The van der Waals surface area contributed by atoms with E-state index in [9.17, 15) is 4.79 Å². The van der Waals surface area contributed by atoms with Gasteiger partial charge in [-0.3, -0.25) is 0 Å². The van der Waals surface area contributed by atoms with Crippen molar-refractivity contribution >= 4 is 14.0 Å². The Morgan fingerprint density at radius 3 is 2.60 bits per heavy atom. The highest BCUT2D eigenvalue weighted by Crippen LogP contribution is 1.97. The molecule has 0 aromatic rings. The van der Waals surface area contributed by atoms with E-state index < -0.39 is 8.07 Å². The van der Waals surface area contributed by atoms with Crippen LogP contribution in [0.5, 0.6) is 0 Å². The number of esters is 1. The van der Waals surface area contributed by atoms with Crippen LogP contribution in [0.2, 0.25) is 19.6 Å². The van der Waals surface area contributed by atoms with Crippen molar-refractivity contribution in [2.45, 2.75) is 39.4 Å². The van der Waals surface area contributed by atoms with Crippen LogP contribution in [-0.4, -0.2) is 20.7 Å². The Morgan fingerprint density at radius 2 is 2.07 bits per heavy atom. The van der Waals surface area contributed by atoms with Crippen LogP contribution in [0.3, 0.4) is 0 Å². The third kappa shape index (κ3) is 10.9. The summed E-state index contributed by atoms with van der Waals surface area (Å²) in [5, 5.41) is 0. The maximum absolute atomic E-state index is 10.9. The molecule has 0 aromatic carbocycles. The Labute approximate surface area is 93.7 Å². The second kappa shape index (κ2) is 7.30. The summed E-state index contributed by atoms with van der Waals surface area (Å²) < 4.78 is 4.93. The first kappa shape index (κ1) is 14.0. The lowest BCUT2D eigenvalue weighted by atomic mass is 10.3. The molecule has 0 heterocycles. The van der Waals surface area contributed by atoms with Crippen LogP contribution >= 0.6 is 0 Å². The minimum atomic E-state index is -1.23. The zero-order valence-corrected chi connectivity index (χ0v) is 11.1. The van der Waals surface area contributed by atoms with Crippen LogP contribution in [0, 0.1) is 11.5 Å². The van der Waals surface area contributed by atoms with Gasteiger partial charge >= 0.3 is 5.97 Å². The van der Waals surface area contributed by atoms with Crippen molar-refractivity contribution < 1.29 is 9.53 Å². The largest absolute Gasteiger partial charge is 0.463 e. The summed E-state index contributed by atoms with van der Waals surface area (Å²) in [5.41, 5.74) is 3.27. The maximum Gasteiger partial charge on any atom is 0.330 e. The highest BCUT2D eigenvalue weighted by atomic mass is 28.3. The molecular formula is C12H20O2Si. The summed E-state index contributed by atoms with van der Waals surface area (Å²) >= 11 is 0. The first-order valence-electron chi connectivity index (χ1n) is 5.25. The second-order valence-electron chi connectivity index (χ2n) is 4.32. The van der Waals surface area contributed by atoms with Gasteiger partial charge in [-0.1, -0.05) is 25.7 Å². The molecule has 0 rings (SSSR count). The monoisotopic (exact) mass is 224 g/mol. The summed E-state index contributed by atoms with van der Waals surface area (Å²) in [6, 6.07) is 0. The molecule has 0 unspecified atom stereocenters. The van der Waals surface area contributed by atoms with Crippen molar-refractivity contribution in [3.8, 4) is 11.5 Å². The van der Waals surface area contributed by atoms with Crippen LogP contribution < -0.4 is 0 Å². The smallest absolute Gasteiger partial charge is 0.330 e. The Bertz CT molecular complexity index is 276. The van der Waals surface area contributed by atoms with E-state index in [2.05, 4.69) is 31.1 Å². The summed E-state index contributed by atoms with van der Waals surface area (Å²) in [6.07, 6.45) is 4.73. The molecule has 0 bridgehead atoms. The molecule has 0 aromatic heterocycles. The fraction of sp³-hybridized carbons (Fsp3) is 0.583. The highest BCUT2D eigenvalue weighted by molar-refractivity contribution is 6.83. The van der Waals surface area contributed by atoms with Crippen LogP contribution in [0.1, 0.15) is 19.8 Å². The van der Waals surface area contributed by atoms with Crippen LogP contribution in [0.4, 0.5) is 0 Å². The number of hydrogen-bond donors (Lipinski definition) is 0. The number of hydrogen-bond acceptors (Lipinski definition) is 2. The van der Waals surface area contributed by atoms with Gasteiger partial charge in [0.25, 0.3) is 0 Å². The van der Waals surface area contributed by atoms with Gasteiger partial charge < -0.3 is 4.74 Å². The van der Waals surface area contributed by atoms with Crippen molar-refractivity contribution in [1.82, 2.24) is 0 Å². The first-order valence-corrected chi connectivity index (χ1v) is 8.75. The topological polar surface area (TPSA) is 26.3 Å². The van der Waals surface area contributed by atoms with E-state index in [0.29, 0.717) is 6.61 Å². The van der Waals surface area contributed by atoms with Crippen molar-refractivity contribution in [2.75, 3.05) is 6.61 Å². The quantitative estimate of drug-likeness (QED) is 0.241. The Balaban J connectivity index is 3.55. The summed E-state index contributed by atoms with van der Waals surface area (Å²) in [7, 11) is -1.23. The molecule has 0 aliphatic carbocycles. The lowest BCUT2D eigenvalue weighted by Gasteiger charge is -2.03. The lowest BCUT2D eigenvalue weighted by Crippen LogP contribution is -2.16. The van der Waals surface area contributed by atoms with Crippen molar-refractivity contribution in [3.05, 3.63) is 12.2 Å². The van der Waals surface area contributed by atoms with Crippen molar-refractivity contribution in [3.63, 3.8) is 0 Å². The van der Waals surface area contributed by atoms with E-state index >= 15 is 0 Å². The first-order chi connectivity index (χ1) is 6.95. The number of carbonyl (C=O) groups is 1. The highest BCUT2D eigenvalue weighted by Gasteiger charge is 2.06. The summed E-state index contributed by atoms with van der Waals surface area (Å²) in [4.78, 5) is 10.9. The molecule has 0 saturated heterocycles. The summed E-state index contributed by atoms with van der Waals surface area (Å²) in [6.45, 7) is 8.90. The maximum atomic E-state index is 10.9. The molecule has 0 aliphatic heterocycles. The van der Waals surface area contributed by atoms with Gasteiger partial charge in [0.2, 0.25) is 0 Å². The van der Waals surface area contributed by atoms with Gasteiger partial charge in [0.15, 0.2) is 0 Å². The number of allylic oxidation sites excluding steroid dienone is 1. The number of carbonyl (C=O) groups excluding carboxylic acids is 1. The fourth-order valence-corrected chi connectivity index (χ4v) is 1.50. The SMILES string of the molecule is C/C=C/C(=O)OCCCC#C[Si](C)(C)C. The van der Waals surface area contributed by atoms with Crippen LogP contribution in [-0.2, 0) is 9.53 Å². The Kier molecular flexibility index (Phi) is 6.81. The van der Waals surface area contributed by atoms with Gasteiger partial charge in [0.1, 0.15) is 8.07 Å². The third-order valence-corrected chi connectivity index (χ3v) is 2.38. The Morgan fingerprint density at radius 1 is 1.40 bits per heavy atom. The average molecular weight is 224 g/mol. The molecule has 2 nitrogen and oxygen atoms in total. The molecule has 0 spiro atoms. The molecule has 0 radical (unpaired) electrons. The molecule has 0 atom stereocenters. The molecule has 15 heavy (non-hydrogen) atoms. The van der Waals surface area contributed by atoms with E-state index in [0.717, 1.165) is 12.8 Å². The minimum Gasteiger partial charge on any atom is -0.463 e. The molecule has 0 fully saturated rings. The van der Waals surface area contributed by atoms with Gasteiger partial charge in [0.05, 0.1) is 6.61 Å². The van der Waals surface area contributed by atoms with E-state index in [-0.39, 0.29) is 5.97 Å². The number of ether oxygens (including phenoxy) is 1. The van der Waals surface area contributed by atoms with Crippen LogP contribution in [0.15, 0.2) is 12.2 Å². The van der Waals surface area contributed by atoms with E-state index in [1.165, 1.54) is 6.08 Å². The molecule has 0 aliphatic rings. The van der Waals surface area contributed by atoms with Gasteiger partial charge in [0, 0.05) is 12.5 Å². The zero-order valence-electron chi connectivity index (χ0n) is 10.1. The zero-order chi connectivity index (χ0) is 11.7. The van der Waals surface area contributed by atoms with Gasteiger partial charge in [-0.15, -0.1) is 11.5 Å². The number of unbranched alkanes of at least 4 members (excludes halogenated alkanes) is 1. The minimum absolute atomic E-state index is 0.268. The van der Waals surface area contributed by atoms with Gasteiger partial charge in [-0.05, 0) is 13.3 Å². The average Bonchev–Trinajstić information content (AvgIpc) is 2.09. The van der Waals surface area contributed by atoms with E-state index in [4.69, 9.17) is 4.74 Å². The van der Waals surface area contributed by atoms with E-state index in [1.807, 2.05) is 0 Å². The van der Waals surface area contributed by atoms with Crippen molar-refractivity contribution in [1.29, 1.82) is 0 Å². The molecule has 0 saturated carbocycles. The van der Waals surface area contributed by atoms with E-state index in [1.54, 1.807) is 13.0 Å². The van der Waals surface area contributed by atoms with Gasteiger partial charge in [-0.2, -0.15) is 0 Å². The predicted molar refractivity (Wildman–Crippen MR) is 66.1 cm³/mol. The third-order valence-electron chi connectivity index (χ3n) is 1.46. The van der Waals surface area contributed by atoms with Crippen LogP contribution in [0.25, 0.3) is 0 Å².